The molecule has 0 aliphatic carbocycles. The van der Waals surface area contributed by atoms with Gasteiger partial charge in [-0.1, -0.05) is 48.5 Å². The Hall–Kier alpha value is -2.95. The number of rotatable bonds is 3. The summed E-state index contributed by atoms with van der Waals surface area (Å²) in [6.45, 7) is 2.03. The Morgan fingerprint density at radius 2 is 1.68 bits per heavy atom. The first-order chi connectivity index (χ1) is 10.6. The van der Waals surface area contributed by atoms with E-state index in [0.717, 1.165) is 16.8 Å². The molecule has 0 aliphatic rings. The molecule has 22 heavy (non-hydrogen) atoms. The molecule has 0 spiro atoms. The number of hydrogen-bond acceptors (Lipinski definition) is 4. The summed E-state index contributed by atoms with van der Waals surface area (Å²) in [5.74, 6) is 0.478. The van der Waals surface area contributed by atoms with Crippen molar-refractivity contribution in [3.8, 4) is 11.3 Å². The highest BCUT2D eigenvalue weighted by Crippen LogP contribution is 2.18. The Morgan fingerprint density at radius 3 is 2.41 bits per heavy atom. The molecule has 0 fully saturated rings. The van der Waals surface area contributed by atoms with Gasteiger partial charge in [0.05, 0.1) is 0 Å². The van der Waals surface area contributed by atoms with Crippen LogP contribution in [0.4, 0.5) is 11.6 Å². The predicted octanol–water partition coefficient (Wildman–Crippen LogP) is 3.01. The Labute approximate surface area is 128 Å². The van der Waals surface area contributed by atoms with Gasteiger partial charge in [0.25, 0.3) is 0 Å². The summed E-state index contributed by atoms with van der Waals surface area (Å²) in [5, 5.41) is 15.7. The summed E-state index contributed by atoms with van der Waals surface area (Å²) in [5.41, 5.74) is 3.86. The van der Waals surface area contributed by atoms with Crippen LogP contribution in [0.2, 0.25) is 0 Å². The topological polar surface area (TPSA) is 66.6 Å². The highest BCUT2D eigenvalue weighted by Gasteiger charge is 2.08. The van der Waals surface area contributed by atoms with E-state index in [1.807, 2.05) is 61.5 Å². The van der Waals surface area contributed by atoms with Crippen LogP contribution in [-0.4, -0.2) is 14.8 Å². The Kier molecular flexibility index (Phi) is 3.70. The first kappa shape index (κ1) is 14.0. The van der Waals surface area contributed by atoms with Crippen LogP contribution in [0.25, 0.3) is 11.3 Å². The van der Waals surface area contributed by atoms with Crippen molar-refractivity contribution in [2.24, 2.45) is 7.05 Å². The lowest BCUT2D eigenvalue weighted by Gasteiger charge is -2.11. The summed E-state index contributed by atoms with van der Waals surface area (Å²) in [4.78, 5) is 4.51. The van der Waals surface area contributed by atoms with Gasteiger partial charge in [-0.15, -0.1) is 5.10 Å². The summed E-state index contributed by atoms with van der Waals surface area (Å²) in [7, 11) is 1.75. The van der Waals surface area contributed by atoms with Crippen LogP contribution < -0.4 is 10.8 Å². The van der Waals surface area contributed by atoms with Gasteiger partial charge in [-0.05, 0) is 18.6 Å². The summed E-state index contributed by atoms with van der Waals surface area (Å²) in [6, 6.07) is 17.7. The molecule has 0 radical (unpaired) electrons. The van der Waals surface area contributed by atoms with Crippen LogP contribution >= 0.6 is 0 Å². The maximum Gasteiger partial charge on any atom is 0.245 e. The minimum atomic E-state index is 0.279. The average Bonchev–Trinajstić information content (AvgIpc) is 2.54. The second-order valence-corrected chi connectivity index (χ2v) is 5.06. The molecule has 0 unspecified atom stereocenters. The lowest BCUT2D eigenvalue weighted by molar-refractivity contribution is 0.673. The minimum absolute atomic E-state index is 0.279. The molecular weight excluding hydrogens is 274 g/mol. The van der Waals surface area contributed by atoms with Crippen LogP contribution in [0.1, 0.15) is 5.56 Å². The van der Waals surface area contributed by atoms with Gasteiger partial charge < -0.3 is 5.32 Å². The van der Waals surface area contributed by atoms with E-state index in [-0.39, 0.29) is 5.49 Å². The SMILES string of the molecule is Cc1ccccc1Nc1nc(-c2ccccc2)c(=N)n(C)n1. The first-order valence-electron chi connectivity index (χ1n) is 7.03. The van der Waals surface area contributed by atoms with Crippen molar-refractivity contribution in [1.82, 2.24) is 14.8 Å². The maximum atomic E-state index is 8.16. The van der Waals surface area contributed by atoms with E-state index in [1.54, 1.807) is 7.05 Å². The number of nitrogens with one attached hydrogen (secondary N) is 2. The smallest absolute Gasteiger partial charge is 0.245 e. The van der Waals surface area contributed by atoms with Crippen molar-refractivity contribution in [3.63, 3.8) is 0 Å². The van der Waals surface area contributed by atoms with E-state index in [0.29, 0.717) is 11.6 Å². The van der Waals surface area contributed by atoms with E-state index in [9.17, 15) is 0 Å². The summed E-state index contributed by atoms with van der Waals surface area (Å²) < 4.78 is 1.52. The largest absolute Gasteiger partial charge is 0.323 e. The lowest BCUT2D eigenvalue weighted by atomic mass is 10.1. The van der Waals surface area contributed by atoms with Crippen LogP contribution in [0.5, 0.6) is 0 Å². The van der Waals surface area contributed by atoms with Gasteiger partial charge in [0.1, 0.15) is 5.69 Å². The van der Waals surface area contributed by atoms with E-state index in [2.05, 4.69) is 15.4 Å². The van der Waals surface area contributed by atoms with Crippen LogP contribution in [0.15, 0.2) is 54.6 Å². The molecule has 110 valence electrons. The number of anilines is 2. The maximum absolute atomic E-state index is 8.16. The first-order valence-corrected chi connectivity index (χ1v) is 7.03. The molecule has 2 aromatic carbocycles. The van der Waals surface area contributed by atoms with Crippen molar-refractivity contribution in [1.29, 1.82) is 5.41 Å². The zero-order valence-electron chi connectivity index (χ0n) is 12.5. The molecule has 3 rings (SSSR count). The van der Waals surface area contributed by atoms with Gasteiger partial charge in [0, 0.05) is 18.3 Å². The molecule has 0 saturated carbocycles. The fourth-order valence-corrected chi connectivity index (χ4v) is 2.21. The van der Waals surface area contributed by atoms with Gasteiger partial charge in [0.2, 0.25) is 5.95 Å². The molecule has 0 amide bonds. The van der Waals surface area contributed by atoms with Gasteiger partial charge in [-0.3, -0.25) is 5.41 Å². The van der Waals surface area contributed by atoms with Gasteiger partial charge in [-0.2, -0.15) is 0 Å². The van der Waals surface area contributed by atoms with Crippen molar-refractivity contribution in [2.75, 3.05) is 5.32 Å². The zero-order valence-corrected chi connectivity index (χ0v) is 12.5. The van der Waals surface area contributed by atoms with Gasteiger partial charge in [-0.25, -0.2) is 9.67 Å². The fourth-order valence-electron chi connectivity index (χ4n) is 2.21. The minimum Gasteiger partial charge on any atom is -0.323 e. The molecule has 0 saturated heterocycles. The third-order valence-electron chi connectivity index (χ3n) is 3.45. The van der Waals surface area contributed by atoms with Crippen molar-refractivity contribution in [3.05, 3.63) is 65.6 Å². The molecule has 0 bridgehead atoms. The molecule has 1 aromatic heterocycles. The normalized spacial score (nSPS) is 10.5. The average molecular weight is 291 g/mol. The van der Waals surface area contributed by atoms with Crippen molar-refractivity contribution in [2.45, 2.75) is 6.92 Å². The summed E-state index contributed by atoms with van der Waals surface area (Å²) in [6.07, 6.45) is 0. The second-order valence-electron chi connectivity index (χ2n) is 5.06. The highest BCUT2D eigenvalue weighted by atomic mass is 15.3. The zero-order chi connectivity index (χ0) is 15.5. The number of benzene rings is 2. The molecule has 0 atom stereocenters. The number of hydrogen-bond donors (Lipinski definition) is 2. The Balaban J connectivity index is 2.06. The van der Waals surface area contributed by atoms with Gasteiger partial charge in [0.15, 0.2) is 5.49 Å². The van der Waals surface area contributed by atoms with E-state index >= 15 is 0 Å². The van der Waals surface area contributed by atoms with Crippen molar-refractivity contribution >= 4 is 11.6 Å². The number of aromatic nitrogens is 3. The predicted molar refractivity (Wildman–Crippen MR) is 86.8 cm³/mol. The van der Waals surface area contributed by atoms with Crippen LogP contribution in [0.3, 0.4) is 0 Å². The quantitative estimate of drug-likeness (QED) is 0.779. The second kappa shape index (κ2) is 5.81. The molecular formula is C17H17N5. The Bertz CT molecular complexity index is 852. The number of aryl methyl sites for hydroxylation is 2. The molecule has 1 heterocycles. The third kappa shape index (κ3) is 2.74. The molecule has 3 aromatic rings. The fraction of sp³-hybridized carbons (Fsp3) is 0.118. The Morgan fingerprint density at radius 1 is 1.00 bits per heavy atom. The molecule has 5 nitrogen and oxygen atoms in total. The van der Waals surface area contributed by atoms with E-state index < -0.39 is 0 Å². The molecule has 5 heteroatoms. The molecule has 2 N–H and O–H groups in total. The van der Waals surface area contributed by atoms with Gasteiger partial charge >= 0.3 is 0 Å². The highest BCUT2D eigenvalue weighted by molar-refractivity contribution is 5.62. The lowest BCUT2D eigenvalue weighted by Crippen LogP contribution is -2.24. The van der Waals surface area contributed by atoms with Crippen molar-refractivity contribution < 1.29 is 0 Å². The third-order valence-corrected chi connectivity index (χ3v) is 3.45. The molecule has 0 aliphatic heterocycles. The number of para-hydroxylation sites is 1. The van der Waals surface area contributed by atoms with E-state index in [4.69, 9.17) is 5.41 Å². The van der Waals surface area contributed by atoms with Crippen LogP contribution in [-0.2, 0) is 7.05 Å². The van der Waals surface area contributed by atoms with E-state index in [1.165, 1.54) is 4.68 Å². The van der Waals surface area contributed by atoms with Crippen LogP contribution in [0, 0.1) is 12.3 Å². The standard InChI is InChI=1S/C17H17N5/c1-12-8-6-7-11-14(12)19-17-20-15(16(18)22(2)21-17)13-9-4-3-5-10-13/h3-11,18H,1-2H3,(H,19,21). The monoisotopic (exact) mass is 291 g/mol. The number of nitrogens with zero attached hydrogens (tertiary/aromatic N) is 3. The summed E-state index contributed by atoms with van der Waals surface area (Å²) >= 11 is 0.